The van der Waals surface area contributed by atoms with Crippen molar-refractivity contribution < 1.29 is 77.1 Å². The number of aryl methyl sites for hydroxylation is 1. The Morgan fingerprint density at radius 3 is 1.17 bits per heavy atom. The highest BCUT2D eigenvalue weighted by Gasteiger charge is 2.19. The first-order valence-corrected chi connectivity index (χ1v) is 36.5. The number of carbonyl (C=O) groups is 5. The number of hydrogen-bond acceptors (Lipinski definition) is 22. The highest BCUT2D eigenvalue weighted by Crippen LogP contribution is 2.31. The lowest BCUT2D eigenvalue weighted by Gasteiger charge is -2.10. The number of anilines is 5. The summed E-state index contributed by atoms with van der Waals surface area (Å²) in [4.78, 5) is 104. The van der Waals surface area contributed by atoms with Gasteiger partial charge in [0.05, 0.1) is 88.0 Å². The number of carbonyl (C=O) groups excluding carboxylic acids is 5. The summed E-state index contributed by atoms with van der Waals surface area (Å²) in [5, 5.41) is 13.0. The first-order chi connectivity index (χ1) is 61.3. The zero-order valence-electron chi connectivity index (χ0n) is 67.3. The molecule has 618 valence electrons. The van der Waals surface area contributed by atoms with Crippen molar-refractivity contribution in [1.82, 2.24) is 54.8 Å². The van der Waals surface area contributed by atoms with Crippen LogP contribution in [-0.4, -0.2) is 90.9 Å². The monoisotopic (exact) mass is 1680 g/mol. The second-order valence-corrected chi connectivity index (χ2v) is 25.2. The Morgan fingerprint density at radius 2 is 0.736 bits per heavy atom. The van der Waals surface area contributed by atoms with E-state index in [1.165, 1.54) is 143 Å². The lowest BCUT2D eigenvalue weighted by Crippen LogP contribution is -2.14. The Morgan fingerprint density at radius 1 is 0.352 bits per heavy atom. The molecule has 0 aliphatic carbocycles. The molecule has 0 saturated heterocycles. The molecule has 0 atom stereocenters. The molecule has 0 bridgehead atoms. The highest BCUT2D eigenvalue weighted by molar-refractivity contribution is 6.07. The molecule has 0 radical (unpaired) electrons. The van der Waals surface area contributed by atoms with Crippen LogP contribution < -0.4 is 55.0 Å². The van der Waals surface area contributed by atoms with Gasteiger partial charge in [-0.05, 0) is 123 Å². The number of benzene rings is 9. The summed E-state index contributed by atoms with van der Waals surface area (Å²) in [5.74, 6) is 4.61. The van der Waals surface area contributed by atoms with Crippen LogP contribution in [0.4, 0.5) is 50.4 Å². The number of nitrogens with zero attached hydrogens (tertiary/aromatic N) is 11. The summed E-state index contributed by atoms with van der Waals surface area (Å²) in [6.07, 6.45) is 38.6. The van der Waals surface area contributed by atoms with Gasteiger partial charge in [0.15, 0.2) is 34.6 Å². The van der Waals surface area contributed by atoms with Crippen molar-refractivity contribution in [2.75, 3.05) is 33.1 Å². The highest BCUT2D eigenvalue weighted by atomic mass is 19.1. The molecule has 0 aliphatic heterocycles. The minimum absolute atomic E-state index is 0.0232. The van der Waals surface area contributed by atoms with Gasteiger partial charge in [-0.1, -0.05) is 59.7 Å². The van der Waals surface area contributed by atoms with Crippen LogP contribution in [0, 0.1) is 73.0 Å². The predicted molar refractivity (Wildman–Crippen MR) is 452 cm³/mol. The standard InChI is InChI=1S/2C19H11F2N3O2.C19H13N3O2.C18H15FN4O3.C18H15N3O2/c1-2-12-3-4-18(21)17(5-12)19(25)24-14-6-13(20)7-15(8-14)26-16-9-22-11-23-10-16;1-2-12-4-3-5-17(18(12)21)19(25)24-14-6-13(20)7-15(8-14)26-16-9-22-11-23-10-16;1-2-14-5-3-6-15(9-14)19(23)22-16-7-4-8-17(10-16)24-18-11-20-13-21-12-18;1-2-25-14-3-4-22-17(8-14)18(24)23-13-5-12(19)6-15(7-13)26-16-9-20-11-21-10-16;1-13-4-2-5-14(8-13)18(22)21-15-6-3-7-16(9-15)23-17-10-19-12-20-11-17/h2*1,3-11H,(H,24,25);1,3-13H,(H,22,23);3-11H,2H2,1H3,(H,23,24);2-12H,1H3,(H,21,22)/i;;;2D2;. The van der Waals surface area contributed by atoms with Crippen molar-refractivity contribution in [1.29, 1.82) is 0 Å². The molecule has 0 fully saturated rings. The van der Waals surface area contributed by atoms with Crippen LogP contribution >= 0.6 is 0 Å². The summed E-state index contributed by atoms with van der Waals surface area (Å²) in [5.41, 5.74) is 4.21. The molecule has 9 aromatic carbocycles. The molecular weight excluding hydrogens is 1610 g/mol. The third kappa shape index (κ3) is 27.6. The van der Waals surface area contributed by atoms with E-state index in [4.69, 9.17) is 50.4 Å². The number of pyridine rings is 1. The normalized spacial score (nSPS) is 10.4. The molecule has 6 aromatic heterocycles. The van der Waals surface area contributed by atoms with E-state index in [0.717, 1.165) is 48.0 Å². The van der Waals surface area contributed by atoms with Crippen molar-refractivity contribution in [3.63, 3.8) is 0 Å². The molecule has 125 heavy (non-hydrogen) atoms. The Balaban J connectivity index is 0.000000154. The molecule has 27 nitrogen and oxygen atoms in total. The first-order valence-electron chi connectivity index (χ1n) is 37.5. The van der Waals surface area contributed by atoms with Gasteiger partial charge in [-0.2, -0.15) is 0 Å². The molecule has 15 rings (SSSR count). The SMILES string of the molecule is C#Cc1ccc(F)c(C(=O)Nc2cc(F)cc(Oc3cncnc3)c2)c1.C#Cc1cccc(C(=O)Nc2cc(F)cc(Oc3cncnc3)c2)c1F.C#Cc1cccc(C(=O)Nc2cccc(Oc3cncnc3)c2)c1.Cc1cccc(C(=O)Nc2cccc(Oc3cncnc3)c2)c1.[2H]C([2H])(C)Oc1ccnc(C(=O)Nc2cc(F)cc(Oc3cncnc3)c2)c1. The predicted octanol–water partition coefficient (Wildman–Crippen LogP) is 18.3. The number of rotatable bonds is 22. The van der Waals surface area contributed by atoms with Crippen LogP contribution in [0.15, 0.2) is 300 Å². The van der Waals surface area contributed by atoms with Crippen LogP contribution in [-0.2, 0) is 0 Å². The second-order valence-electron chi connectivity index (χ2n) is 25.2. The van der Waals surface area contributed by atoms with E-state index in [2.05, 4.69) is 99.2 Å². The van der Waals surface area contributed by atoms with Gasteiger partial charge >= 0.3 is 0 Å². The molecule has 6 heterocycles. The van der Waals surface area contributed by atoms with Crippen LogP contribution in [0.3, 0.4) is 0 Å². The minimum Gasteiger partial charge on any atom is -0.494 e. The van der Waals surface area contributed by atoms with Crippen LogP contribution in [0.5, 0.6) is 63.2 Å². The van der Waals surface area contributed by atoms with E-state index >= 15 is 0 Å². The number of nitrogens with one attached hydrogen (secondary N) is 5. The molecule has 5 amide bonds. The van der Waals surface area contributed by atoms with E-state index in [1.807, 2.05) is 37.3 Å². The van der Waals surface area contributed by atoms with Gasteiger partial charge in [0, 0.05) is 111 Å². The molecular formula is C93H65F5N16O11. The van der Waals surface area contributed by atoms with E-state index in [1.54, 1.807) is 91.5 Å². The van der Waals surface area contributed by atoms with Gasteiger partial charge in [0.2, 0.25) is 0 Å². The van der Waals surface area contributed by atoms with Crippen molar-refractivity contribution >= 4 is 58.0 Å². The quantitative estimate of drug-likeness (QED) is 0.0311. The third-order valence-corrected chi connectivity index (χ3v) is 16.0. The summed E-state index contributed by atoms with van der Waals surface area (Å²) >= 11 is 0. The average molecular weight is 1680 g/mol. The van der Waals surface area contributed by atoms with Crippen LogP contribution in [0.2, 0.25) is 0 Å². The largest absolute Gasteiger partial charge is 0.494 e. The van der Waals surface area contributed by atoms with Crippen molar-refractivity contribution in [3.8, 4) is 100 Å². The molecule has 0 saturated carbocycles. The topological polar surface area (TPSA) is 343 Å². The summed E-state index contributed by atoms with van der Waals surface area (Å²) in [7, 11) is 0. The van der Waals surface area contributed by atoms with Crippen molar-refractivity contribution in [2.24, 2.45) is 0 Å². The van der Waals surface area contributed by atoms with Gasteiger partial charge in [0.1, 0.15) is 95.1 Å². The molecule has 32 heteroatoms. The molecule has 5 N–H and O–H groups in total. The van der Waals surface area contributed by atoms with Gasteiger partial charge < -0.3 is 55.0 Å². The minimum atomic E-state index is -1.91. The summed E-state index contributed by atoms with van der Waals surface area (Å²) in [6.45, 7) is 1.28. The number of aromatic nitrogens is 11. The fourth-order valence-corrected chi connectivity index (χ4v) is 10.6. The number of amides is 5. The van der Waals surface area contributed by atoms with Gasteiger partial charge in [-0.3, -0.25) is 29.0 Å². The summed E-state index contributed by atoms with van der Waals surface area (Å²) in [6, 6.07) is 50.0. The van der Waals surface area contributed by atoms with Crippen LogP contribution in [0.25, 0.3) is 0 Å². The van der Waals surface area contributed by atoms with Gasteiger partial charge in [-0.25, -0.2) is 71.8 Å². The Bertz CT molecular complexity index is 6430. The average Bonchev–Trinajstić information content (AvgIpc) is 0.828. The Kier molecular flexibility index (Phi) is 30.3. The maximum absolute atomic E-state index is 14.2. The fraction of sp³-hybridized carbons (Fsp3) is 0.0323. The van der Waals surface area contributed by atoms with E-state index < -0.39 is 53.4 Å². The number of ether oxygens (including phenoxy) is 6. The number of hydrogen-bond donors (Lipinski definition) is 5. The smallest absolute Gasteiger partial charge is 0.274 e. The zero-order chi connectivity index (χ0) is 90.0. The molecule has 0 aliphatic rings. The van der Waals surface area contributed by atoms with Crippen LogP contribution in [0.1, 0.15) is 83.8 Å². The summed E-state index contributed by atoms with van der Waals surface area (Å²) < 4.78 is 117. The van der Waals surface area contributed by atoms with E-state index in [0.29, 0.717) is 73.9 Å². The Hall–Kier alpha value is -18.0. The van der Waals surface area contributed by atoms with E-state index in [-0.39, 0.29) is 74.3 Å². The maximum Gasteiger partial charge on any atom is 0.274 e. The van der Waals surface area contributed by atoms with Gasteiger partial charge in [0.25, 0.3) is 29.5 Å². The zero-order valence-corrected chi connectivity index (χ0v) is 65.3. The maximum atomic E-state index is 14.2. The molecule has 0 unspecified atom stereocenters. The van der Waals surface area contributed by atoms with Gasteiger partial charge in [-0.15, -0.1) is 19.3 Å². The third-order valence-electron chi connectivity index (χ3n) is 16.0. The molecule has 0 spiro atoms. The Labute approximate surface area is 713 Å². The van der Waals surface area contributed by atoms with E-state index in [9.17, 15) is 45.9 Å². The second kappa shape index (κ2) is 44.5. The first kappa shape index (κ1) is 84.9. The lowest BCUT2D eigenvalue weighted by molar-refractivity contribution is 0.101. The molecule has 15 aromatic rings. The van der Waals surface area contributed by atoms with Crippen molar-refractivity contribution in [2.45, 2.75) is 13.8 Å². The lowest BCUT2D eigenvalue weighted by atomic mass is 10.1. The number of halogens is 5. The fourth-order valence-electron chi connectivity index (χ4n) is 10.6. The van der Waals surface area contributed by atoms with Crippen molar-refractivity contribution in [3.05, 3.63) is 379 Å². The number of terminal acetylenes is 3.